The van der Waals surface area contributed by atoms with E-state index < -0.39 is 17.9 Å². The van der Waals surface area contributed by atoms with Gasteiger partial charge in [-0.15, -0.1) is 0 Å². The van der Waals surface area contributed by atoms with Gasteiger partial charge in [-0.1, -0.05) is 30.3 Å². The zero-order valence-electron chi connectivity index (χ0n) is 9.78. The SMILES string of the molecule is O=C(C1CCN(Cc2ccccc2)C1)C(F)(F)F. The van der Waals surface area contributed by atoms with Crippen molar-refractivity contribution in [3.05, 3.63) is 35.9 Å². The summed E-state index contributed by atoms with van der Waals surface area (Å²) < 4.78 is 36.9. The van der Waals surface area contributed by atoms with Crippen molar-refractivity contribution in [3.63, 3.8) is 0 Å². The molecule has 2 rings (SSSR count). The Morgan fingerprint density at radius 3 is 2.56 bits per heavy atom. The van der Waals surface area contributed by atoms with E-state index in [1.807, 2.05) is 35.2 Å². The number of carbonyl (C=O) groups is 1. The quantitative estimate of drug-likeness (QED) is 0.829. The van der Waals surface area contributed by atoms with Gasteiger partial charge in [0.25, 0.3) is 0 Å². The Hall–Kier alpha value is -1.36. The van der Waals surface area contributed by atoms with Crippen LogP contribution in [0.2, 0.25) is 0 Å². The molecule has 0 radical (unpaired) electrons. The first-order chi connectivity index (χ1) is 8.47. The molecule has 0 bridgehead atoms. The fraction of sp³-hybridized carbons (Fsp3) is 0.462. The second-order valence-corrected chi connectivity index (χ2v) is 4.57. The molecule has 1 aromatic rings. The van der Waals surface area contributed by atoms with Gasteiger partial charge >= 0.3 is 6.18 Å². The van der Waals surface area contributed by atoms with Gasteiger partial charge in [0.15, 0.2) is 0 Å². The smallest absolute Gasteiger partial charge is 0.298 e. The topological polar surface area (TPSA) is 20.3 Å². The molecule has 2 nitrogen and oxygen atoms in total. The first kappa shape index (κ1) is 13.1. The lowest BCUT2D eigenvalue weighted by molar-refractivity contribution is -0.175. The summed E-state index contributed by atoms with van der Waals surface area (Å²) in [7, 11) is 0. The van der Waals surface area contributed by atoms with E-state index in [4.69, 9.17) is 0 Å². The number of Topliss-reactive ketones (excluding diaryl/α,β-unsaturated/α-hetero) is 1. The highest BCUT2D eigenvalue weighted by Crippen LogP contribution is 2.27. The molecular formula is C13H14F3NO. The second-order valence-electron chi connectivity index (χ2n) is 4.57. The van der Waals surface area contributed by atoms with Crippen molar-refractivity contribution in [1.29, 1.82) is 0 Å². The minimum Gasteiger partial charge on any atom is -0.298 e. The fourth-order valence-corrected chi connectivity index (χ4v) is 2.26. The Morgan fingerprint density at radius 1 is 1.28 bits per heavy atom. The van der Waals surface area contributed by atoms with Crippen LogP contribution in [0.1, 0.15) is 12.0 Å². The van der Waals surface area contributed by atoms with E-state index in [0.717, 1.165) is 5.56 Å². The Labute approximate surface area is 103 Å². The van der Waals surface area contributed by atoms with Crippen molar-refractivity contribution in [3.8, 4) is 0 Å². The van der Waals surface area contributed by atoms with E-state index in [0.29, 0.717) is 19.5 Å². The van der Waals surface area contributed by atoms with E-state index >= 15 is 0 Å². The van der Waals surface area contributed by atoms with Crippen LogP contribution in [0.5, 0.6) is 0 Å². The van der Waals surface area contributed by atoms with Gasteiger partial charge in [-0.3, -0.25) is 9.69 Å². The summed E-state index contributed by atoms with van der Waals surface area (Å²) in [5, 5.41) is 0. The Bertz CT molecular complexity index is 416. The van der Waals surface area contributed by atoms with E-state index in [-0.39, 0.29) is 6.54 Å². The lowest BCUT2D eigenvalue weighted by Crippen LogP contribution is -2.32. The standard InChI is InChI=1S/C13H14F3NO/c14-13(15,16)12(18)11-6-7-17(9-11)8-10-4-2-1-3-5-10/h1-5,11H,6-9H2. The normalized spacial score (nSPS) is 21.2. The average molecular weight is 257 g/mol. The molecule has 1 unspecified atom stereocenters. The summed E-state index contributed by atoms with van der Waals surface area (Å²) in [6.07, 6.45) is -4.40. The summed E-state index contributed by atoms with van der Waals surface area (Å²) in [5.41, 5.74) is 1.05. The van der Waals surface area contributed by atoms with Crippen LogP contribution in [-0.4, -0.2) is 29.9 Å². The molecule has 0 amide bonds. The lowest BCUT2D eigenvalue weighted by Gasteiger charge is -2.16. The van der Waals surface area contributed by atoms with Crippen molar-refractivity contribution in [1.82, 2.24) is 4.90 Å². The van der Waals surface area contributed by atoms with Crippen LogP contribution in [0.3, 0.4) is 0 Å². The molecule has 18 heavy (non-hydrogen) atoms. The van der Waals surface area contributed by atoms with Gasteiger partial charge in [0, 0.05) is 19.0 Å². The van der Waals surface area contributed by atoms with Crippen molar-refractivity contribution in [2.24, 2.45) is 5.92 Å². The molecular weight excluding hydrogens is 243 g/mol. The van der Waals surface area contributed by atoms with E-state index in [2.05, 4.69) is 0 Å². The van der Waals surface area contributed by atoms with Crippen LogP contribution in [0.4, 0.5) is 13.2 Å². The van der Waals surface area contributed by atoms with Crippen LogP contribution in [0.25, 0.3) is 0 Å². The van der Waals surface area contributed by atoms with Gasteiger partial charge in [0.2, 0.25) is 5.78 Å². The predicted molar refractivity (Wildman–Crippen MR) is 60.9 cm³/mol. The fourth-order valence-electron chi connectivity index (χ4n) is 2.26. The first-order valence-corrected chi connectivity index (χ1v) is 5.84. The van der Waals surface area contributed by atoms with Gasteiger partial charge in [-0.2, -0.15) is 13.2 Å². The molecule has 0 spiro atoms. The summed E-state index contributed by atoms with van der Waals surface area (Å²) in [6.45, 7) is 1.34. The summed E-state index contributed by atoms with van der Waals surface area (Å²) in [6, 6.07) is 9.54. The molecule has 0 saturated carbocycles. The third kappa shape index (κ3) is 3.10. The maximum absolute atomic E-state index is 12.3. The number of carbonyl (C=O) groups excluding carboxylic acids is 1. The van der Waals surface area contributed by atoms with Crippen molar-refractivity contribution in [2.45, 2.75) is 19.1 Å². The highest BCUT2D eigenvalue weighted by Gasteiger charge is 2.45. The zero-order chi connectivity index (χ0) is 13.2. The predicted octanol–water partition coefficient (Wildman–Crippen LogP) is 2.64. The van der Waals surface area contributed by atoms with Crippen molar-refractivity contribution < 1.29 is 18.0 Å². The van der Waals surface area contributed by atoms with Crippen LogP contribution in [0.15, 0.2) is 30.3 Å². The highest BCUT2D eigenvalue weighted by atomic mass is 19.4. The monoisotopic (exact) mass is 257 g/mol. The van der Waals surface area contributed by atoms with Crippen LogP contribution in [0, 0.1) is 5.92 Å². The van der Waals surface area contributed by atoms with Crippen LogP contribution < -0.4 is 0 Å². The molecule has 5 heteroatoms. The number of halogens is 3. The van der Waals surface area contributed by atoms with E-state index in [1.54, 1.807) is 0 Å². The Balaban J connectivity index is 1.91. The number of hydrogen-bond acceptors (Lipinski definition) is 2. The molecule has 1 aliphatic rings. The van der Waals surface area contributed by atoms with Crippen molar-refractivity contribution >= 4 is 5.78 Å². The van der Waals surface area contributed by atoms with Gasteiger partial charge in [0.1, 0.15) is 0 Å². The van der Waals surface area contributed by atoms with Gasteiger partial charge in [-0.25, -0.2) is 0 Å². The molecule has 1 atom stereocenters. The summed E-state index contributed by atoms with van der Waals surface area (Å²) in [5.74, 6) is -2.48. The number of hydrogen-bond donors (Lipinski definition) is 0. The molecule has 1 saturated heterocycles. The summed E-state index contributed by atoms with van der Waals surface area (Å²) >= 11 is 0. The van der Waals surface area contributed by atoms with E-state index in [1.165, 1.54) is 0 Å². The molecule has 1 aliphatic heterocycles. The maximum atomic E-state index is 12.3. The number of ketones is 1. The average Bonchev–Trinajstić information content (AvgIpc) is 2.76. The number of alkyl halides is 3. The highest BCUT2D eigenvalue weighted by molar-refractivity contribution is 5.86. The van der Waals surface area contributed by atoms with Crippen LogP contribution >= 0.6 is 0 Å². The number of likely N-dealkylation sites (tertiary alicyclic amines) is 1. The molecule has 98 valence electrons. The molecule has 0 aromatic heterocycles. The maximum Gasteiger partial charge on any atom is 0.450 e. The number of benzene rings is 1. The third-order valence-electron chi connectivity index (χ3n) is 3.17. The van der Waals surface area contributed by atoms with Gasteiger partial charge < -0.3 is 0 Å². The largest absolute Gasteiger partial charge is 0.450 e. The molecule has 1 fully saturated rings. The minimum absolute atomic E-state index is 0.202. The van der Waals surface area contributed by atoms with Crippen molar-refractivity contribution in [2.75, 3.05) is 13.1 Å². The molecule has 0 N–H and O–H groups in total. The lowest BCUT2D eigenvalue weighted by atomic mass is 10.0. The van der Waals surface area contributed by atoms with Gasteiger partial charge in [-0.05, 0) is 18.5 Å². The van der Waals surface area contributed by atoms with E-state index in [9.17, 15) is 18.0 Å². The van der Waals surface area contributed by atoms with Crippen LogP contribution in [-0.2, 0) is 11.3 Å². The second kappa shape index (κ2) is 5.10. The molecule has 1 heterocycles. The number of nitrogens with zero attached hydrogens (tertiary/aromatic N) is 1. The first-order valence-electron chi connectivity index (χ1n) is 5.84. The third-order valence-corrected chi connectivity index (χ3v) is 3.17. The molecule has 0 aliphatic carbocycles. The Kier molecular flexibility index (Phi) is 3.71. The Morgan fingerprint density at radius 2 is 1.94 bits per heavy atom. The molecule has 1 aromatic carbocycles. The zero-order valence-corrected chi connectivity index (χ0v) is 9.78. The summed E-state index contributed by atoms with van der Waals surface area (Å²) in [4.78, 5) is 13.0. The number of rotatable bonds is 3. The minimum atomic E-state index is -4.70. The van der Waals surface area contributed by atoms with Gasteiger partial charge in [0.05, 0.1) is 0 Å².